The Hall–Kier alpha value is -0.570. The maximum atomic E-state index is 12.7. The van der Waals surface area contributed by atoms with Gasteiger partial charge in [0.2, 0.25) is 5.91 Å². The first-order chi connectivity index (χ1) is 9.67. The van der Waals surface area contributed by atoms with E-state index >= 15 is 0 Å². The number of carbonyl (C=O) groups excluding carboxylic acids is 1. The van der Waals surface area contributed by atoms with Crippen molar-refractivity contribution in [1.29, 1.82) is 0 Å². The van der Waals surface area contributed by atoms with Crippen LogP contribution in [-0.4, -0.2) is 24.0 Å². The van der Waals surface area contributed by atoms with E-state index < -0.39 is 0 Å². The number of rotatable bonds is 2. The van der Waals surface area contributed by atoms with Crippen LogP contribution in [0, 0.1) is 23.7 Å². The molecule has 4 aliphatic rings. The molecule has 1 heterocycles. The number of carbonyl (C=O) groups is 1. The summed E-state index contributed by atoms with van der Waals surface area (Å²) in [5.41, 5.74) is -0.310. The molecule has 4 fully saturated rings. The van der Waals surface area contributed by atoms with Gasteiger partial charge in [-0.3, -0.25) is 4.79 Å². The van der Waals surface area contributed by atoms with E-state index in [9.17, 15) is 4.79 Å². The summed E-state index contributed by atoms with van der Waals surface area (Å²) in [6.45, 7) is 3.08. The quantitative estimate of drug-likeness (QED) is 0.813. The summed E-state index contributed by atoms with van der Waals surface area (Å²) in [6, 6.07) is 0.479. The molecule has 20 heavy (non-hydrogen) atoms. The Morgan fingerprint density at radius 3 is 2.75 bits per heavy atom. The van der Waals surface area contributed by atoms with Crippen molar-refractivity contribution in [2.75, 3.05) is 6.54 Å². The van der Waals surface area contributed by atoms with E-state index in [4.69, 9.17) is 0 Å². The normalized spacial score (nSPS) is 50.1. The van der Waals surface area contributed by atoms with Gasteiger partial charge in [0, 0.05) is 6.04 Å². The molecule has 4 rings (SSSR count). The molecule has 3 heteroatoms. The van der Waals surface area contributed by atoms with Gasteiger partial charge in [-0.2, -0.15) is 0 Å². The smallest absolute Gasteiger partial charge is 0.240 e. The molecule has 6 atom stereocenters. The molecule has 0 aromatic heterocycles. The molecule has 0 aromatic carbocycles. The van der Waals surface area contributed by atoms with Crippen LogP contribution in [0.2, 0.25) is 0 Å². The van der Waals surface area contributed by atoms with E-state index in [1.165, 1.54) is 44.9 Å². The number of hydrogen-bond donors (Lipinski definition) is 2. The topological polar surface area (TPSA) is 41.1 Å². The van der Waals surface area contributed by atoms with Gasteiger partial charge in [0.15, 0.2) is 0 Å². The van der Waals surface area contributed by atoms with Gasteiger partial charge in [-0.05, 0) is 82.1 Å². The first-order valence-electron chi connectivity index (χ1n) is 8.73. The second-order valence-corrected chi connectivity index (χ2v) is 7.95. The Kier molecular flexibility index (Phi) is 3.10. The molecule has 3 saturated carbocycles. The minimum Gasteiger partial charge on any atom is -0.351 e. The van der Waals surface area contributed by atoms with Crippen molar-refractivity contribution in [1.82, 2.24) is 10.6 Å². The highest BCUT2D eigenvalue weighted by atomic mass is 16.2. The van der Waals surface area contributed by atoms with Crippen molar-refractivity contribution in [3.8, 4) is 0 Å². The van der Waals surface area contributed by atoms with E-state index in [2.05, 4.69) is 17.6 Å². The van der Waals surface area contributed by atoms with Gasteiger partial charge in [0.05, 0.1) is 5.54 Å². The summed E-state index contributed by atoms with van der Waals surface area (Å²) < 4.78 is 0. The zero-order valence-electron chi connectivity index (χ0n) is 12.7. The van der Waals surface area contributed by atoms with Crippen LogP contribution in [0.25, 0.3) is 0 Å². The van der Waals surface area contributed by atoms with Crippen molar-refractivity contribution in [2.45, 2.75) is 69.9 Å². The molecular formula is C17H28N2O. The van der Waals surface area contributed by atoms with Gasteiger partial charge in [-0.1, -0.05) is 6.42 Å². The third-order valence-corrected chi connectivity index (χ3v) is 6.87. The van der Waals surface area contributed by atoms with Gasteiger partial charge >= 0.3 is 0 Å². The maximum absolute atomic E-state index is 12.7. The first kappa shape index (κ1) is 13.1. The van der Waals surface area contributed by atoms with Gasteiger partial charge in [0.25, 0.3) is 0 Å². The summed E-state index contributed by atoms with van der Waals surface area (Å²) >= 11 is 0. The molecule has 1 aliphatic heterocycles. The Labute approximate surface area is 122 Å². The maximum Gasteiger partial charge on any atom is 0.240 e. The molecule has 0 spiro atoms. The van der Waals surface area contributed by atoms with Gasteiger partial charge in [0.1, 0.15) is 0 Å². The summed E-state index contributed by atoms with van der Waals surface area (Å²) in [7, 11) is 0. The van der Waals surface area contributed by atoms with Gasteiger partial charge in [-0.15, -0.1) is 0 Å². The number of hydrogen-bond acceptors (Lipinski definition) is 2. The molecule has 3 aliphatic carbocycles. The third-order valence-electron chi connectivity index (χ3n) is 6.87. The van der Waals surface area contributed by atoms with Crippen LogP contribution in [0.4, 0.5) is 0 Å². The second-order valence-electron chi connectivity index (χ2n) is 7.95. The highest BCUT2D eigenvalue weighted by molar-refractivity contribution is 5.86. The van der Waals surface area contributed by atoms with Gasteiger partial charge < -0.3 is 10.6 Å². The summed E-state index contributed by atoms with van der Waals surface area (Å²) in [4.78, 5) is 12.7. The fraction of sp³-hybridized carbons (Fsp3) is 0.941. The molecule has 112 valence electrons. The van der Waals surface area contributed by atoms with Crippen molar-refractivity contribution >= 4 is 5.91 Å². The minimum atomic E-state index is -0.310. The second kappa shape index (κ2) is 4.72. The lowest BCUT2D eigenvalue weighted by molar-refractivity contribution is -0.129. The summed E-state index contributed by atoms with van der Waals surface area (Å²) in [6.07, 6.45) is 10.4. The largest absolute Gasteiger partial charge is 0.351 e. The highest BCUT2D eigenvalue weighted by Gasteiger charge is 2.54. The zero-order chi connectivity index (χ0) is 13.7. The minimum absolute atomic E-state index is 0.268. The molecule has 1 saturated heterocycles. The Balaban J connectivity index is 1.41. The van der Waals surface area contributed by atoms with Crippen LogP contribution in [0.15, 0.2) is 0 Å². The molecule has 3 nitrogen and oxygen atoms in total. The zero-order valence-corrected chi connectivity index (χ0v) is 12.7. The predicted molar refractivity (Wildman–Crippen MR) is 79.2 cm³/mol. The fourth-order valence-corrected chi connectivity index (χ4v) is 5.81. The lowest BCUT2D eigenvalue weighted by atomic mass is 9.78. The lowest BCUT2D eigenvalue weighted by Crippen LogP contribution is -2.59. The predicted octanol–water partition coefficient (Wildman–Crippen LogP) is 2.46. The van der Waals surface area contributed by atoms with Crippen LogP contribution in [0.1, 0.15) is 58.3 Å². The van der Waals surface area contributed by atoms with E-state index in [0.29, 0.717) is 6.04 Å². The Morgan fingerprint density at radius 2 is 1.95 bits per heavy atom. The Bertz CT molecular complexity index is 402. The summed E-state index contributed by atoms with van der Waals surface area (Å²) in [5, 5.41) is 6.88. The monoisotopic (exact) mass is 276 g/mol. The number of nitrogens with one attached hydrogen (secondary N) is 2. The van der Waals surface area contributed by atoms with Crippen molar-refractivity contribution < 1.29 is 4.79 Å². The van der Waals surface area contributed by atoms with E-state index in [-0.39, 0.29) is 11.4 Å². The van der Waals surface area contributed by atoms with Crippen LogP contribution in [-0.2, 0) is 4.79 Å². The number of piperidine rings is 1. The van der Waals surface area contributed by atoms with Crippen LogP contribution < -0.4 is 10.6 Å². The number of fused-ring (bicyclic) bond motifs is 5. The van der Waals surface area contributed by atoms with Crippen LogP contribution in [0.5, 0.6) is 0 Å². The molecule has 2 N–H and O–H groups in total. The molecule has 1 amide bonds. The SMILES string of the molecule is CC1(C(=O)NC2CC3CC2C2CCCC32)CCCCN1. The molecule has 6 unspecified atom stereocenters. The van der Waals surface area contributed by atoms with E-state index in [1.54, 1.807) is 0 Å². The molecule has 0 radical (unpaired) electrons. The average molecular weight is 276 g/mol. The van der Waals surface area contributed by atoms with Crippen molar-refractivity contribution in [3.63, 3.8) is 0 Å². The van der Waals surface area contributed by atoms with Gasteiger partial charge in [-0.25, -0.2) is 0 Å². The first-order valence-corrected chi connectivity index (χ1v) is 8.73. The fourth-order valence-electron chi connectivity index (χ4n) is 5.81. The molecule has 0 aromatic rings. The van der Waals surface area contributed by atoms with Crippen LogP contribution >= 0.6 is 0 Å². The standard InChI is InChI=1S/C17H28N2O/c1-17(7-2-3-8-18-17)16(20)19-15-10-11-9-14(15)13-6-4-5-12(11)13/h11-15,18H,2-10H2,1H3,(H,19,20). The molecular weight excluding hydrogens is 248 g/mol. The lowest BCUT2D eigenvalue weighted by Gasteiger charge is -2.37. The van der Waals surface area contributed by atoms with E-state index in [1.807, 2.05) is 0 Å². The van der Waals surface area contributed by atoms with Crippen LogP contribution in [0.3, 0.4) is 0 Å². The number of amides is 1. The van der Waals surface area contributed by atoms with E-state index in [0.717, 1.165) is 36.6 Å². The summed E-state index contributed by atoms with van der Waals surface area (Å²) in [5.74, 6) is 3.93. The highest BCUT2D eigenvalue weighted by Crippen LogP contribution is 2.58. The Morgan fingerprint density at radius 1 is 1.10 bits per heavy atom. The van der Waals surface area contributed by atoms with Crippen molar-refractivity contribution in [3.05, 3.63) is 0 Å². The molecule has 2 bridgehead atoms. The van der Waals surface area contributed by atoms with Crippen molar-refractivity contribution in [2.24, 2.45) is 23.7 Å². The third kappa shape index (κ3) is 1.93. The average Bonchev–Trinajstić information content (AvgIpc) is 3.11.